The molecule has 1 saturated carbocycles. The van der Waals surface area contributed by atoms with Crippen LogP contribution in [0.1, 0.15) is 40.5 Å². The molecule has 0 bridgehead atoms. The van der Waals surface area contributed by atoms with E-state index in [9.17, 15) is 0 Å². The third-order valence-electron chi connectivity index (χ3n) is 6.01. The Labute approximate surface area is 163 Å². The van der Waals surface area contributed by atoms with Crippen molar-refractivity contribution in [2.45, 2.75) is 40.5 Å². The average molecular weight is 359 g/mol. The molecule has 1 unspecified atom stereocenters. The molecule has 2 nitrogen and oxygen atoms in total. The van der Waals surface area contributed by atoms with Gasteiger partial charge in [-0.05, 0) is 47.9 Å². The number of anilines is 2. The molecule has 0 N–H and O–H groups in total. The molecule has 27 heavy (non-hydrogen) atoms. The maximum atomic E-state index is 2.43. The van der Waals surface area contributed by atoms with Crippen LogP contribution in [0.5, 0.6) is 0 Å². The van der Waals surface area contributed by atoms with E-state index in [0.29, 0.717) is 11.3 Å². The zero-order valence-corrected chi connectivity index (χ0v) is 16.9. The summed E-state index contributed by atoms with van der Waals surface area (Å²) in [5.74, 6) is 0.517. The Morgan fingerprint density at radius 2 is 1.37 bits per heavy atom. The molecule has 1 fully saturated rings. The highest BCUT2D eigenvalue weighted by atomic mass is 15.2. The van der Waals surface area contributed by atoms with Gasteiger partial charge in [0.05, 0.1) is 0 Å². The molecule has 1 heterocycles. The Balaban J connectivity index is 1.77. The van der Waals surface area contributed by atoms with E-state index in [4.69, 9.17) is 0 Å². The van der Waals surface area contributed by atoms with Crippen LogP contribution in [-0.4, -0.2) is 0 Å². The van der Waals surface area contributed by atoms with Crippen LogP contribution >= 0.6 is 0 Å². The Bertz CT molecular complexity index is 846. The fourth-order valence-corrected chi connectivity index (χ4v) is 5.08. The summed E-state index contributed by atoms with van der Waals surface area (Å²) in [6, 6.07) is 21.3. The lowest BCUT2D eigenvalue weighted by molar-refractivity contribution is 0.275. The molecule has 2 heteroatoms. The lowest BCUT2D eigenvalue weighted by Gasteiger charge is -2.38. The lowest BCUT2D eigenvalue weighted by atomic mass is 9.79. The number of allylic oxidation sites excluding steroid dienone is 1. The van der Waals surface area contributed by atoms with E-state index in [1.54, 1.807) is 0 Å². The fourth-order valence-electron chi connectivity index (χ4n) is 5.08. The first-order valence-corrected chi connectivity index (χ1v) is 9.94. The summed E-state index contributed by atoms with van der Waals surface area (Å²) in [5.41, 5.74) is 4.47. The standard InChI is InChI=1S/C25H30N2/c1-24(2)17-22(25(3,4)19-24)23-18-26(20-11-7-5-8-12-20)15-16-27(23)21-13-9-6-10-14-21/h5-16,18,22H,17,19H2,1-4H3. The van der Waals surface area contributed by atoms with Crippen LogP contribution < -0.4 is 9.80 Å². The summed E-state index contributed by atoms with van der Waals surface area (Å²) in [6.07, 6.45) is 9.19. The highest BCUT2D eigenvalue weighted by Crippen LogP contribution is 2.56. The van der Waals surface area contributed by atoms with Crippen LogP contribution in [0.3, 0.4) is 0 Å². The fraction of sp³-hybridized carbons (Fsp3) is 0.360. The van der Waals surface area contributed by atoms with Crippen molar-refractivity contribution in [1.29, 1.82) is 0 Å². The van der Waals surface area contributed by atoms with Gasteiger partial charge in [0.1, 0.15) is 0 Å². The molecule has 2 aromatic carbocycles. The monoisotopic (exact) mass is 358 g/mol. The quantitative estimate of drug-likeness (QED) is 0.596. The number of rotatable bonds is 3. The first kappa shape index (κ1) is 17.9. The van der Waals surface area contributed by atoms with Crippen molar-refractivity contribution >= 4 is 11.4 Å². The van der Waals surface area contributed by atoms with Crippen LogP contribution in [0, 0.1) is 16.7 Å². The topological polar surface area (TPSA) is 6.48 Å². The Kier molecular flexibility index (Phi) is 4.38. The maximum Gasteiger partial charge on any atom is 0.0453 e. The largest absolute Gasteiger partial charge is 0.321 e. The van der Waals surface area contributed by atoms with Crippen molar-refractivity contribution in [3.05, 3.63) is 85.0 Å². The van der Waals surface area contributed by atoms with Gasteiger partial charge in [-0.3, -0.25) is 0 Å². The van der Waals surface area contributed by atoms with Gasteiger partial charge in [0, 0.05) is 41.6 Å². The number of hydrogen-bond acceptors (Lipinski definition) is 2. The normalized spacial score (nSPS) is 23.4. The SMILES string of the molecule is CC1(C)CC(C2=CN(c3ccccc3)C=CN2c2ccccc2)C(C)(C)C1. The van der Waals surface area contributed by atoms with E-state index in [0.717, 1.165) is 0 Å². The van der Waals surface area contributed by atoms with Gasteiger partial charge in [-0.2, -0.15) is 0 Å². The number of hydrogen-bond donors (Lipinski definition) is 0. The minimum absolute atomic E-state index is 0.274. The third-order valence-corrected chi connectivity index (χ3v) is 6.01. The second kappa shape index (κ2) is 6.60. The van der Waals surface area contributed by atoms with E-state index in [1.807, 2.05) is 0 Å². The molecule has 0 amide bonds. The molecule has 0 radical (unpaired) electrons. The van der Waals surface area contributed by atoms with Crippen LogP contribution in [0.4, 0.5) is 11.4 Å². The van der Waals surface area contributed by atoms with Gasteiger partial charge >= 0.3 is 0 Å². The summed E-state index contributed by atoms with van der Waals surface area (Å²) in [5, 5.41) is 0. The number of nitrogens with zero attached hydrogens (tertiary/aromatic N) is 2. The van der Waals surface area contributed by atoms with E-state index in [2.05, 4.69) is 117 Å². The molecule has 0 saturated heterocycles. The summed E-state index contributed by atoms with van der Waals surface area (Å²) in [6.45, 7) is 9.69. The van der Waals surface area contributed by atoms with Gasteiger partial charge in [-0.25, -0.2) is 0 Å². The van der Waals surface area contributed by atoms with E-state index in [1.165, 1.54) is 29.9 Å². The molecule has 1 aliphatic heterocycles. The Morgan fingerprint density at radius 3 is 1.93 bits per heavy atom. The van der Waals surface area contributed by atoms with E-state index >= 15 is 0 Å². The van der Waals surface area contributed by atoms with Crippen molar-refractivity contribution in [3.8, 4) is 0 Å². The van der Waals surface area contributed by atoms with Gasteiger partial charge < -0.3 is 9.80 Å². The smallest absolute Gasteiger partial charge is 0.0453 e. The first-order valence-electron chi connectivity index (χ1n) is 9.94. The minimum atomic E-state index is 0.274. The zero-order chi connectivity index (χ0) is 19.1. The van der Waals surface area contributed by atoms with Gasteiger partial charge in [0.2, 0.25) is 0 Å². The molecule has 2 aliphatic rings. The molecule has 140 valence electrons. The lowest BCUT2D eigenvalue weighted by Crippen LogP contribution is -2.33. The summed E-state index contributed by atoms with van der Waals surface area (Å²) in [4.78, 5) is 4.64. The van der Waals surface area contributed by atoms with Gasteiger partial charge in [-0.1, -0.05) is 64.1 Å². The highest BCUT2D eigenvalue weighted by Gasteiger charge is 2.47. The van der Waals surface area contributed by atoms with Crippen molar-refractivity contribution in [1.82, 2.24) is 0 Å². The zero-order valence-electron chi connectivity index (χ0n) is 16.9. The third kappa shape index (κ3) is 3.53. The van der Waals surface area contributed by atoms with Crippen molar-refractivity contribution < 1.29 is 0 Å². The summed E-state index contributed by atoms with van der Waals surface area (Å²) < 4.78 is 0. The van der Waals surface area contributed by atoms with Gasteiger partial charge in [-0.15, -0.1) is 0 Å². The summed E-state index contributed by atoms with van der Waals surface area (Å²) in [7, 11) is 0. The first-order chi connectivity index (χ1) is 12.9. The molecule has 1 aliphatic carbocycles. The van der Waals surface area contributed by atoms with Crippen molar-refractivity contribution in [3.63, 3.8) is 0 Å². The van der Waals surface area contributed by atoms with Crippen molar-refractivity contribution in [2.75, 3.05) is 9.80 Å². The molecule has 4 rings (SSSR count). The molecule has 0 spiro atoms. The van der Waals surface area contributed by atoms with Crippen LogP contribution in [0.25, 0.3) is 0 Å². The maximum absolute atomic E-state index is 2.43. The molecule has 0 aromatic heterocycles. The summed E-state index contributed by atoms with van der Waals surface area (Å²) >= 11 is 0. The average Bonchev–Trinajstić information content (AvgIpc) is 2.89. The van der Waals surface area contributed by atoms with Crippen LogP contribution in [0.2, 0.25) is 0 Å². The Hall–Kier alpha value is -2.48. The Morgan fingerprint density at radius 1 is 0.778 bits per heavy atom. The predicted molar refractivity (Wildman–Crippen MR) is 115 cm³/mol. The molecule has 1 atom stereocenters. The number of benzene rings is 2. The minimum Gasteiger partial charge on any atom is -0.321 e. The second-order valence-electron chi connectivity index (χ2n) is 9.39. The van der Waals surface area contributed by atoms with E-state index < -0.39 is 0 Å². The molecular weight excluding hydrogens is 328 g/mol. The van der Waals surface area contributed by atoms with Gasteiger partial charge in [0.15, 0.2) is 0 Å². The highest BCUT2D eigenvalue weighted by molar-refractivity contribution is 5.63. The van der Waals surface area contributed by atoms with Gasteiger partial charge in [0.25, 0.3) is 0 Å². The van der Waals surface area contributed by atoms with E-state index in [-0.39, 0.29) is 5.41 Å². The molecule has 2 aromatic rings. The molecular formula is C25H30N2. The number of para-hydroxylation sites is 2. The predicted octanol–water partition coefficient (Wildman–Crippen LogP) is 6.79. The second-order valence-corrected chi connectivity index (χ2v) is 9.39. The van der Waals surface area contributed by atoms with Crippen LogP contribution in [-0.2, 0) is 0 Å². The van der Waals surface area contributed by atoms with Crippen LogP contribution in [0.15, 0.2) is 85.0 Å². The van der Waals surface area contributed by atoms with Crippen molar-refractivity contribution in [2.24, 2.45) is 16.7 Å².